The van der Waals surface area contributed by atoms with Crippen LogP contribution in [0.2, 0.25) is 0 Å². The van der Waals surface area contributed by atoms with E-state index in [-0.39, 0.29) is 0 Å². The van der Waals surface area contributed by atoms with Crippen LogP contribution in [0, 0.1) is 18.8 Å². The third-order valence-electron chi connectivity index (χ3n) is 7.58. The lowest BCUT2D eigenvalue weighted by Crippen LogP contribution is -1.97. The van der Waals surface area contributed by atoms with Crippen LogP contribution in [-0.2, 0) is 0 Å². The Bertz CT molecular complexity index is 2050. The first kappa shape index (κ1) is 27.8. The Morgan fingerprint density at radius 3 is 1.53 bits per heavy atom. The van der Waals surface area contributed by atoms with Crippen LogP contribution in [0.4, 0.5) is 0 Å². The molecule has 2 aromatic carbocycles. The molecule has 0 N–H and O–H groups in total. The van der Waals surface area contributed by atoms with Crippen molar-refractivity contribution in [3.05, 3.63) is 134 Å². The van der Waals surface area contributed by atoms with Gasteiger partial charge in [0.2, 0.25) is 0 Å². The number of hydrogen-bond donors (Lipinski definition) is 0. The molecule has 1 aliphatic rings. The molecule has 1 aliphatic heterocycles. The number of aryl methyl sites for hydroxylation is 1. The summed E-state index contributed by atoms with van der Waals surface area (Å²) >= 11 is 0. The topological polar surface area (TPSA) is 76.8 Å². The number of aliphatic imine (C=N–C) groups is 1. The predicted molar refractivity (Wildman–Crippen MR) is 181 cm³/mol. The highest BCUT2D eigenvalue weighted by Gasteiger charge is 2.14. The minimum atomic E-state index is 0.625. The predicted octanol–water partition coefficient (Wildman–Crippen LogP) is 8.51. The molecule has 6 nitrogen and oxygen atoms in total. The van der Waals surface area contributed by atoms with Gasteiger partial charge in [-0.1, -0.05) is 30.0 Å². The highest BCUT2D eigenvalue weighted by molar-refractivity contribution is 5.83. The molecule has 0 fully saturated rings. The SMILES string of the molecule is Cc1nc(-c2cc(/C3=C/N=CCC#CC3)cc(-c3cccnc3)c2)cc(-c2cc(-c3cccnc3)cc(-c3cccnc3)c2)n1. The average Bonchev–Trinajstić information content (AvgIpc) is 3.09. The third-order valence-corrected chi connectivity index (χ3v) is 7.58. The molecule has 7 rings (SSSR count). The highest BCUT2D eigenvalue weighted by Crippen LogP contribution is 2.35. The first-order chi connectivity index (χ1) is 22.2. The van der Waals surface area contributed by atoms with Crippen molar-refractivity contribution in [3.8, 4) is 67.7 Å². The second-order valence-corrected chi connectivity index (χ2v) is 10.7. The van der Waals surface area contributed by atoms with Gasteiger partial charge in [-0.15, -0.1) is 0 Å². The summed E-state index contributed by atoms with van der Waals surface area (Å²) in [6.07, 6.45) is 16.1. The van der Waals surface area contributed by atoms with Crippen LogP contribution in [0.3, 0.4) is 0 Å². The number of pyridine rings is 3. The average molecular weight is 581 g/mol. The van der Waals surface area contributed by atoms with Crippen LogP contribution >= 0.6 is 0 Å². The number of hydrogen-bond acceptors (Lipinski definition) is 6. The van der Waals surface area contributed by atoms with Crippen molar-refractivity contribution in [2.24, 2.45) is 4.99 Å². The number of nitrogens with zero attached hydrogens (tertiary/aromatic N) is 6. The molecule has 0 amide bonds. The lowest BCUT2D eigenvalue weighted by Gasteiger charge is -2.14. The van der Waals surface area contributed by atoms with Gasteiger partial charge >= 0.3 is 0 Å². The fourth-order valence-electron chi connectivity index (χ4n) is 5.39. The van der Waals surface area contributed by atoms with Crippen molar-refractivity contribution in [1.29, 1.82) is 0 Å². The molecule has 0 aliphatic carbocycles. The van der Waals surface area contributed by atoms with E-state index < -0.39 is 0 Å². The molecule has 0 spiro atoms. The molecule has 6 heteroatoms. The molecule has 0 saturated carbocycles. The summed E-state index contributed by atoms with van der Waals surface area (Å²) in [5.74, 6) is 7.13. The smallest absolute Gasteiger partial charge is 0.126 e. The molecule has 0 unspecified atom stereocenters. The monoisotopic (exact) mass is 580 g/mol. The normalized spacial score (nSPS) is 13.6. The Morgan fingerprint density at radius 2 is 1.02 bits per heavy atom. The first-order valence-electron chi connectivity index (χ1n) is 14.7. The van der Waals surface area contributed by atoms with E-state index in [1.54, 1.807) is 18.6 Å². The van der Waals surface area contributed by atoms with Crippen LogP contribution in [-0.4, -0.2) is 31.1 Å². The number of benzene rings is 2. The maximum Gasteiger partial charge on any atom is 0.126 e. The zero-order valence-electron chi connectivity index (χ0n) is 24.7. The van der Waals surface area contributed by atoms with Crippen LogP contribution < -0.4 is 0 Å². The molecule has 45 heavy (non-hydrogen) atoms. The van der Waals surface area contributed by atoms with Crippen LogP contribution in [0.5, 0.6) is 0 Å². The molecule has 6 aromatic rings. The van der Waals surface area contributed by atoms with E-state index in [0.29, 0.717) is 18.7 Å². The Morgan fingerprint density at radius 1 is 0.533 bits per heavy atom. The summed E-state index contributed by atoms with van der Waals surface area (Å²) in [6, 6.07) is 27.1. The fraction of sp³-hybridized carbons (Fsp3) is 0.0769. The quantitative estimate of drug-likeness (QED) is 0.185. The molecule has 4 aromatic heterocycles. The zero-order chi connectivity index (χ0) is 30.4. The van der Waals surface area contributed by atoms with Gasteiger partial charge in [0.15, 0.2) is 0 Å². The largest absolute Gasteiger partial charge is 0.268 e. The molecule has 0 saturated heterocycles. The van der Waals surface area contributed by atoms with Crippen LogP contribution in [0.25, 0.3) is 61.5 Å². The lowest BCUT2D eigenvalue weighted by molar-refractivity contribution is 1.06. The minimum Gasteiger partial charge on any atom is -0.268 e. The van der Waals surface area contributed by atoms with E-state index in [9.17, 15) is 0 Å². The fourth-order valence-corrected chi connectivity index (χ4v) is 5.39. The van der Waals surface area contributed by atoms with Gasteiger partial charge in [0, 0.05) is 90.3 Å². The van der Waals surface area contributed by atoms with Gasteiger partial charge in [0.25, 0.3) is 0 Å². The maximum atomic E-state index is 4.92. The van der Waals surface area contributed by atoms with Crippen molar-refractivity contribution in [2.75, 3.05) is 0 Å². The van der Waals surface area contributed by atoms with Gasteiger partial charge in [0.05, 0.1) is 11.4 Å². The summed E-state index contributed by atoms with van der Waals surface area (Å²) < 4.78 is 0. The summed E-state index contributed by atoms with van der Waals surface area (Å²) in [5.41, 5.74) is 12.0. The van der Waals surface area contributed by atoms with E-state index in [0.717, 1.165) is 67.0 Å². The summed E-state index contributed by atoms with van der Waals surface area (Å²) in [6.45, 7) is 1.94. The van der Waals surface area contributed by atoms with Crippen molar-refractivity contribution in [1.82, 2.24) is 24.9 Å². The van der Waals surface area contributed by atoms with E-state index in [1.165, 1.54) is 0 Å². The molecule has 0 bridgehead atoms. The Hall–Kier alpha value is -6.06. The van der Waals surface area contributed by atoms with Crippen molar-refractivity contribution in [2.45, 2.75) is 19.8 Å². The van der Waals surface area contributed by atoms with E-state index in [1.807, 2.05) is 56.1 Å². The lowest BCUT2D eigenvalue weighted by atomic mass is 9.93. The number of allylic oxidation sites excluding steroid dienone is 1. The van der Waals surface area contributed by atoms with Gasteiger partial charge in [-0.05, 0) is 95.4 Å². The second-order valence-electron chi connectivity index (χ2n) is 10.7. The maximum absolute atomic E-state index is 4.92. The Labute approximate surface area is 262 Å². The number of aromatic nitrogens is 5. The summed E-state index contributed by atoms with van der Waals surface area (Å²) in [4.78, 5) is 27.4. The van der Waals surface area contributed by atoms with Crippen LogP contribution in [0.15, 0.2) is 127 Å². The van der Waals surface area contributed by atoms with Gasteiger partial charge < -0.3 is 0 Å². The van der Waals surface area contributed by atoms with E-state index in [4.69, 9.17) is 9.97 Å². The van der Waals surface area contributed by atoms with E-state index >= 15 is 0 Å². The summed E-state index contributed by atoms with van der Waals surface area (Å²) in [5, 5.41) is 0. The summed E-state index contributed by atoms with van der Waals surface area (Å²) in [7, 11) is 0. The minimum absolute atomic E-state index is 0.625. The standard InChI is InChI=1S/C39H28N6/c1-27-44-38(36-18-32(28-8-3-2-4-12-40-23-28)16-33(19-36)29-9-5-13-41-24-29)22-39(45-27)37-20-34(30-10-6-14-42-25-30)17-35(21-37)31-11-7-15-43-26-31/h5-7,9-26H,4,8H2,1H3/b28-23+,40-12?. The van der Waals surface area contributed by atoms with Crippen molar-refractivity contribution >= 4 is 11.8 Å². The Kier molecular flexibility index (Phi) is 7.81. The second kappa shape index (κ2) is 12.7. The molecule has 5 heterocycles. The van der Waals surface area contributed by atoms with Gasteiger partial charge in [0.1, 0.15) is 5.82 Å². The first-order valence-corrected chi connectivity index (χ1v) is 14.7. The zero-order valence-corrected chi connectivity index (χ0v) is 24.7. The third kappa shape index (κ3) is 6.34. The number of rotatable bonds is 6. The molecular weight excluding hydrogens is 552 g/mol. The van der Waals surface area contributed by atoms with E-state index in [2.05, 4.69) is 92.4 Å². The molecular formula is C39H28N6. The molecule has 0 radical (unpaired) electrons. The van der Waals surface area contributed by atoms with Crippen molar-refractivity contribution < 1.29 is 0 Å². The van der Waals surface area contributed by atoms with Gasteiger partial charge in [-0.2, -0.15) is 0 Å². The van der Waals surface area contributed by atoms with Crippen molar-refractivity contribution in [3.63, 3.8) is 0 Å². The highest BCUT2D eigenvalue weighted by atomic mass is 14.9. The van der Waals surface area contributed by atoms with Crippen LogP contribution in [0.1, 0.15) is 24.2 Å². The van der Waals surface area contributed by atoms with Gasteiger partial charge in [-0.25, -0.2) is 9.97 Å². The molecule has 0 atom stereocenters. The van der Waals surface area contributed by atoms with Gasteiger partial charge in [-0.3, -0.25) is 19.9 Å². The molecule has 214 valence electrons. The Balaban J connectivity index is 1.39.